The highest BCUT2D eigenvalue weighted by atomic mass is 79.9. The first kappa shape index (κ1) is 16.0. The maximum Gasteiger partial charge on any atom is 0.240 e. The number of hydrogen-bond donors (Lipinski definition) is 1. The molecule has 2 unspecified atom stereocenters. The Kier molecular flexibility index (Phi) is 4.92. The first-order chi connectivity index (χ1) is 9.31. The number of hydrogen-bond acceptors (Lipinski definition) is 2. The van der Waals surface area contributed by atoms with Crippen LogP contribution in [0.1, 0.15) is 45.1 Å². The largest absolute Gasteiger partial charge is 0.240 e. The van der Waals surface area contributed by atoms with Crippen molar-refractivity contribution >= 4 is 26.0 Å². The maximum atomic E-state index is 12.1. The highest BCUT2D eigenvalue weighted by Gasteiger charge is 2.28. The van der Waals surface area contributed by atoms with Gasteiger partial charge in [-0.25, -0.2) is 13.1 Å². The molecule has 1 aromatic carbocycles. The topological polar surface area (TPSA) is 46.2 Å². The van der Waals surface area contributed by atoms with Crippen LogP contribution >= 0.6 is 15.9 Å². The first-order valence-electron chi connectivity index (χ1n) is 7.07. The number of rotatable bonds is 6. The van der Waals surface area contributed by atoms with Crippen LogP contribution in [0.2, 0.25) is 0 Å². The minimum atomic E-state index is -3.34. The molecule has 1 saturated carbocycles. The second-order valence-corrected chi connectivity index (χ2v) is 9.07. The molecule has 2 rings (SSSR count). The van der Waals surface area contributed by atoms with Gasteiger partial charge in [0.2, 0.25) is 10.0 Å². The van der Waals surface area contributed by atoms with Gasteiger partial charge in [0.25, 0.3) is 0 Å². The molecule has 0 spiro atoms. The summed E-state index contributed by atoms with van der Waals surface area (Å²) in [4.78, 5) is 0.715. The summed E-state index contributed by atoms with van der Waals surface area (Å²) in [6, 6.07) is 7.44. The van der Waals surface area contributed by atoms with E-state index in [0.717, 1.165) is 12.8 Å². The van der Waals surface area contributed by atoms with Gasteiger partial charge in [0.05, 0.1) is 4.90 Å². The molecule has 20 heavy (non-hydrogen) atoms. The van der Waals surface area contributed by atoms with Gasteiger partial charge in [-0.2, -0.15) is 0 Å². The van der Waals surface area contributed by atoms with Crippen LogP contribution in [-0.2, 0) is 10.0 Å². The fraction of sp³-hybridized carbons (Fsp3) is 0.600. The second kappa shape index (κ2) is 6.16. The summed E-state index contributed by atoms with van der Waals surface area (Å²) in [6.07, 6.45) is 1.90. The Labute approximate surface area is 130 Å². The van der Waals surface area contributed by atoms with Gasteiger partial charge in [-0.1, -0.05) is 48.8 Å². The lowest BCUT2D eigenvalue weighted by molar-refractivity contribution is 0.498. The lowest BCUT2D eigenvalue weighted by atomic mass is 9.86. The van der Waals surface area contributed by atoms with Gasteiger partial charge < -0.3 is 0 Å². The van der Waals surface area contributed by atoms with Gasteiger partial charge in [-0.15, -0.1) is 0 Å². The summed E-state index contributed by atoms with van der Waals surface area (Å²) in [5.74, 6) is 0.875. The van der Waals surface area contributed by atoms with E-state index in [1.54, 1.807) is 12.1 Å². The zero-order chi connectivity index (χ0) is 14.9. The molecule has 1 N–H and O–H groups in total. The predicted octanol–water partition coefficient (Wildman–Crippen LogP) is 3.65. The van der Waals surface area contributed by atoms with Crippen molar-refractivity contribution < 1.29 is 8.42 Å². The van der Waals surface area contributed by atoms with Crippen LogP contribution < -0.4 is 4.72 Å². The third kappa shape index (κ3) is 3.83. The number of alkyl halides is 1. The molecule has 0 aliphatic heterocycles. The fourth-order valence-electron chi connectivity index (χ4n) is 2.54. The molecular formula is C15H22BrNO2S. The van der Waals surface area contributed by atoms with Crippen LogP contribution in [0.3, 0.4) is 0 Å². The van der Waals surface area contributed by atoms with Crippen molar-refractivity contribution in [3.8, 4) is 0 Å². The maximum absolute atomic E-state index is 12.1. The summed E-state index contributed by atoms with van der Waals surface area (Å²) in [6.45, 7) is 6.49. The monoisotopic (exact) mass is 359 g/mol. The molecule has 3 nitrogen and oxygen atoms in total. The van der Waals surface area contributed by atoms with Crippen molar-refractivity contribution in [1.29, 1.82) is 0 Å². The first-order valence-corrected chi connectivity index (χ1v) is 9.47. The summed E-state index contributed by atoms with van der Waals surface area (Å²) in [7, 11) is -3.34. The molecule has 0 radical (unpaired) electrons. The van der Waals surface area contributed by atoms with E-state index in [2.05, 4.69) is 41.4 Å². The minimum Gasteiger partial charge on any atom is -0.208 e. The molecule has 0 heterocycles. The van der Waals surface area contributed by atoms with Crippen molar-refractivity contribution in [3.05, 3.63) is 29.8 Å². The van der Waals surface area contributed by atoms with Crippen LogP contribution in [0.5, 0.6) is 0 Å². The van der Waals surface area contributed by atoms with Gasteiger partial charge in [-0.3, -0.25) is 0 Å². The molecule has 0 saturated heterocycles. The smallest absolute Gasteiger partial charge is 0.208 e. The van der Waals surface area contributed by atoms with E-state index in [-0.39, 0.29) is 6.04 Å². The highest BCUT2D eigenvalue weighted by molar-refractivity contribution is 9.09. The van der Waals surface area contributed by atoms with E-state index in [9.17, 15) is 8.42 Å². The number of nitrogens with one attached hydrogen (secondary N) is 1. The Balaban J connectivity index is 2.20. The minimum absolute atomic E-state index is 0.144. The van der Waals surface area contributed by atoms with Crippen molar-refractivity contribution in [1.82, 2.24) is 4.72 Å². The number of halogens is 1. The Morgan fingerprint density at radius 2 is 1.70 bits per heavy atom. The highest BCUT2D eigenvalue weighted by Crippen LogP contribution is 2.32. The number of sulfonamides is 1. The molecule has 2 atom stereocenters. The van der Waals surface area contributed by atoms with Gasteiger partial charge in [-0.05, 0) is 42.4 Å². The molecule has 5 heteroatoms. The van der Waals surface area contributed by atoms with Crippen molar-refractivity contribution in [2.24, 2.45) is 5.92 Å². The van der Waals surface area contributed by atoms with E-state index in [1.807, 2.05) is 12.1 Å². The predicted molar refractivity (Wildman–Crippen MR) is 85.8 cm³/mol. The summed E-state index contributed by atoms with van der Waals surface area (Å²) >= 11 is 3.65. The lowest BCUT2D eigenvalue weighted by Gasteiger charge is -2.24. The van der Waals surface area contributed by atoms with Crippen molar-refractivity contribution in [3.63, 3.8) is 0 Å². The standard InChI is InChI=1S/C15H22BrNO2S/c1-10(2)15(11(3)16)12-4-8-14(9-5-12)20(18,19)17-13-6-7-13/h4-5,8-11,13,15,17H,6-7H2,1-3H3. The molecular weight excluding hydrogens is 338 g/mol. The fourth-order valence-corrected chi connectivity index (χ4v) is 4.76. The van der Waals surface area contributed by atoms with Gasteiger partial charge >= 0.3 is 0 Å². The van der Waals surface area contributed by atoms with E-state index in [1.165, 1.54) is 5.56 Å². The number of benzene rings is 1. The van der Waals surface area contributed by atoms with Crippen LogP contribution in [0, 0.1) is 5.92 Å². The molecule has 0 aromatic heterocycles. The van der Waals surface area contributed by atoms with Crippen LogP contribution in [0.4, 0.5) is 0 Å². The zero-order valence-electron chi connectivity index (χ0n) is 12.1. The lowest BCUT2D eigenvalue weighted by Crippen LogP contribution is -2.25. The Morgan fingerprint density at radius 1 is 1.15 bits per heavy atom. The third-order valence-electron chi connectivity index (χ3n) is 3.69. The van der Waals surface area contributed by atoms with Gasteiger partial charge in [0.1, 0.15) is 0 Å². The Bertz CT molecular complexity index is 540. The Morgan fingerprint density at radius 3 is 2.10 bits per heavy atom. The second-order valence-electron chi connectivity index (χ2n) is 5.91. The summed E-state index contributed by atoms with van der Waals surface area (Å²) in [5.41, 5.74) is 1.18. The van der Waals surface area contributed by atoms with Crippen LogP contribution in [0.25, 0.3) is 0 Å². The molecule has 0 bridgehead atoms. The molecule has 1 aliphatic rings. The van der Waals surface area contributed by atoms with Crippen molar-refractivity contribution in [2.75, 3.05) is 0 Å². The molecule has 1 aliphatic carbocycles. The average molecular weight is 360 g/mol. The SMILES string of the molecule is CC(C)C(c1ccc(S(=O)(=O)NC2CC2)cc1)C(C)Br. The van der Waals surface area contributed by atoms with Gasteiger partial charge in [0.15, 0.2) is 0 Å². The summed E-state index contributed by atoms with van der Waals surface area (Å²) in [5, 5.41) is 0. The summed E-state index contributed by atoms with van der Waals surface area (Å²) < 4.78 is 26.9. The average Bonchev–Trinajstić information content (AvgIpc) is 3.12. The normalized spacial score (nSPS) is 19.1. The molecule has 112 valence electrons. The molecule has 1 aromatic rings. The van der Waals surface area contributed by atoms with E-state index in [4.69, 9.17) is 0 Å². The van der Waals surface area contributed by atoms with E-state index >= 15 is 0 Å². The third-order valence-corrected chi connectivity index (χ3v) is 5.79. The van der Waals surface area contributed by atoms with E-state index < -0.39 is 10.0 Å². The van der Waals surface area contributed by atoms with Gasteiger partial charge in [0, 0.05) is 10.9 Å². The quantitative estimate of drug-likeness (QED) is 0.787. The van der Waals surface area contributed by atoms with Crippen molar-refractivity contribution in [2.45, 2.75) is 55.3 Å². The van der Waals surface area contributed by atoms with Crippen LogP contribution in [0.15, 0.2) is 29.2 Å². The zero-order valence-corrected chi connectivity index (χ0v) is 14.5. The Hall–Kier alpha value is -0.390. The van der Waals surface area contributed by atoms with E-state index in [0.29, 0.717) is 21.6 Å². The van der Waals surface area contributed by atoms with Crippen LogP contribution in [-0.4, -0.2) is 19.3 Å². The molecule has 1 fully saturated rings. The molecule has 0 amide bonds.